The molecule has 0 atom stereocenters. The summed E-state index contributed by atoms with van der Waals surface area (Å²) >= 11 is 3.43. The molecule has 0 saturated carbocycles. The standard InChI is InChI=1S/C26H26BrN5O3/c1-15-13-29-20(19-9-10-28-25(31-19)26(4,5)34)12-21(15)32-17(3)11-22(23(27)24(32)33)35-14-18-8-6-7-16(2)30-18/h6-13,34H,14H2,1-5H3. The molecule has 9 heteroatoms. The molecule has 0 fully saturated rings. The molecule has 180 valence electrons. The minimum absolute atomic E-state index is 0.249. The number of aromatic nitrogens is 5. The van der Waals surface area contributed by atoms with E-state index in [0.717, 1.165) is 17.0 Å². The molecule has 4 rings (SSSR count). The smallest absolute Gasteiger partial charge is 0.273 e. The third-order valence-corrected chi connectivity index (χ3v) is 6.13. The Balaban J connectivity index is 1.72. The second-order valence-electron chi connectivity index (χ2n) is 8.84. The molecule has 0 aliphatic heterocycles. The number of ether oxygens (including phenoxy) is 1. The average Bonchev–Trinajstić information content (AvgIpc) is 2.81. The van der Waals surface area contributed by atoms with Crippen LogP contribution < -0.4 is 10.3 Å². The van der Waals surface area contributed by atoms with Crippen LogP contribution in [0.15, 0.2) is 58.1 Å². The summed E-state index contributed by atoms with van der Waals surface area (Å²) in [5.74, 6) is 0.740. The normalized spacial score (nSPS) is 11.5. The topological polar surface area (TPSA) is 103 Å². The van der Waals surface area contributed by atoms with Crippen LogP contribution in [0, 0.1) is 20.8 Å². The van der Waals surface area contributed by atoms with Gasteiger partial charge in [0.05, 0.1) is 22.8 Å². The van der Waals surface area contributed by atoms with Crippen LogP contribution in [0.3, 0.4) is 0 Å². The van der Waals surface area contributed by atoms with E-state index in [1.807, 2.05) is 51.1 Å². The van der Waals surface area contributed by atoms with Gasteiger partial charge in [0.15, 0.2) is 5.82 Å². The van der Waals surface area contributed by atoms with Crippen molar-refractivity contribution < 1.29 is 9.84 Å². The van der Waals surface area contributed by atoms with Gasteiger partial charge in [0.25, 0.3) is 5.56 Å². The van der Waals surface area contributed by atoms with Gasteiger partial charge >= 0.3 is 0 Å². The van der Waals surface area contributed by atoms with E-state index in [1.54, 1.807) is 36.9 Å². The first-order valence-electron chi connectivity index (χ1n) is 11.1. The zero-order valence-electron chi connectivity index (χ0n) is 20.2. The van der Waals surface area contributed by atoms with Crippen molar-refractivity contribution in [3.8, 4) is 22.8 Å². The van der Waals surface area contributed by atoms with Crippen molar-refractivity contribution in [3.63, 3.8) is 0 Å². The molecule has 0 amide bonds. The molecule has 4 aromatic rings. The van der Waals surface area contributed by atoms with Crippen LogP contribution in [0.4, 0.5) is 0 Å². The Morgan fingerprint density at radius 3 is 2.54 bits per heavy atom. The van der Waals surface area contributed by atoms with Crippen molar-refractivity contribution in [2.24, 2.45) is 0 Å². The van der Waals surface area contributed by atoms with Crippen LogP contribution >= 0.6 is 15.9 Å². The molecule has 0 bridgehead atoms. The first kappa shape index (κ1) is 24.7. The Kier molecular flexibility index (Phi) is 6.82. The molecule has 0 spiro atoms. The van der Waals surface area contributed by atoms with Crippen molar-refractivity contribution in [3.05, 3.63) is 92.1 Å². The lowest BCUT2D eigenvalue weighted by Crippen LogP contribution is -2.23. The van der Waals surface area contributed by atoms with Crippen molar-refractivity contribution in [1.82, 2.24) is 24.5 Å². The summed E-state index contributed by atoms with van der Waals surface area (Å²) < 4.78 is 7.85. The minimum atomic E-state index is -1.19. The number of nitrogens with zero attached hydrogens (tertiary/aromatic N) is 5. The molecule has 0 aromatic carbocycles. The maximum absolute atomic E-state index is 13.4. The maximum atomic E-state index is 13.4. The second-order valence-corrected chi connectivity index (χ2v) is 9.64. The minimum Gasteiger partial charge on any atom is -0.486 e. The Bertz CT molecular complexity index is 1460. The molecule has 1 N–H and O–H groups in total. The monoisotopic (exact) mass is 535 g/mol. The van der Waals surface area contributed by atoms with Gasteiger partial charge in [0.2, 0.25) is 0 Å². The van der Waals surface area contributed by atoms with Crippen LogP contribution in [0.1, 0.15) is 42.3 Å². The Morgan fingerprint density at radius 2 is 1.83 bits per heavy atom. The molecular weight excluding hydrogens is 510 g/mol. The quantitative estimate of drug-likeness (QED) is 0.385. The van der Waals surface area contributed by atoms with E-state index in [2.05, 4.69) is 35.9 Å². The predicted octanol–water partition coefficient (Wildman–Crippen LogP) is 4.58. The van der Waals surface area contributed by atoms with Gasteiger partial charge in [-0.1, -0.05) is 6.07 Å². The zero-order chi connectivity index (χ0) is 25.3. The largest absolute Gasteiger partial charge is 0.486 e. The summed E-state index contributed by atoms with van der Waals surface area (Å²) in [5, 5.41) is 10.3. The van der Waals surface area contributed by atoms with Gasteiger partial charge in [-0.15, -0.1) is 0 Å². The summed E-state index contributed by atoms with van der Waals surface area (Å²) in [5.41, 5.74) is 3.55. The highest BCUT2D eigenvalue weighted by Gasteiger charge is 2.21. The van der Waals surface area contributed by atoms with E-state index in [9.17, 15) is 9.90 Å². The van der Waals surface area contributed by atoms with Gasteiger partial charge in [-0.25, -0.2) is 9.97 Å². The van der Waals surface area contributed by atoms with Gasteiger partial charge < -0.3 is 9.84 Å². The molecule has 0 unspecified atom stereocenters. The summed E-state index contributed by atoms with van der Waals surface area (Å²) in [4.78, 5) is 31.0. The highest BCUT2D eigenvalue weighted by molar-refractivity contribution is 9.10. The number of halogens is 1. The fraction of sp³-hybridized carbons (Fsp3) is 0.269. The second kappa shape index (κ2) is 9.67. The lowest BCUT2D eigenvalue weighted by atomic mass is 10.1. The predicted molar refractivity (Wildman–Crippen MR) is 137 cm³/mol. The van der Waals surface area contributed by atoms with Gasteiger partial charge in [0.1, 0.15) is 22.4 Å². The molecule has 0 aliphatic carbocycles. The van der Waals surface area contributed by atoms with Gasteiger partial charge in [-0.05, 0) is 80.4 Å². The molecule has 4 heterocycles. The van der Waals surface area contributed by atoms with Gasteiger partial charge in [-0.2, -0.15) is 0 Å². The van der Waals surface area contributed by atoms with E-state index in [1.165, 1.54) is 0 Å². The van der Waals surface area contributed by atoms with E-state index >= 15 is 0 Å². The summed E-state index contributed by atoms with van der Waals surface area (Å²) in [6, 6.07) is 11.1. The Labute approximate surface area is 211 Å². The summed E-state index contributed by atoms with van der Waals surface area (Å²) in [6.45, 7) is 9.16. The molecule has 35 heavy (non-hydrogen) atoms. The third-order valence-electron chi connectivity index (χ3n) is 5.40. The van der Waals surface area contributed by atoms with Crippen molar-refractivity contribution in [2.75, 3.05) is 0 Å². The number of hydrogen-bond acceptors (Lipinski definition) is 7. The fourth-order valence-corrected chi connectivity index (χ4v) is 4.01. The van der Waals surface area contributed by atoms with Crippen molar-refractivity contribution >= 4 is 15.9 Å². The van der Waals surface area contributed by atoms with Crippen molar-refractivity contribution in [1.29, 1.82) is 0 Å². The first-order chi connectivity index (χ1) is 16.5. The van der Waals surface area contributed by atoms with Gasteiger partial charge in [-0.3, -0.25) is 19.3 Å². The SMILES string of the molecule is Cc1cccc(COc2cc(C)n(-c3cc(-c4ccnc(C(C)(C)O)n4)ncc3C)c(=O)c2Br)n1. The van der Waals surface area contributed by atoms with Crippen LogP contribution in [0.2, 0.25) is 0 Å². The van der Waals surface area contributed by atoms with E-state index in [-0.39, 0.29) is 12.2 Å². The number of rotatable bonds is 6. The Morgan fingerprint density at radius 1 is 1.06 bits per heavy atom. The molecule has 8 nitrogen and oxygen atoms in total. The maximum Gasteiger partial charge on any atom is 0.273 e. The molecular formula is C26H26BrN5O3. The fourth-order valence-electron chi connectivity index (χ4n) is 3.61. The molecule has 0 saturated heterocycles. The lowest BCUT2D eigenvalue weighted by Gasteiger charge is -2.18. The number of pyridine rings is 3. The molecule has 4 aromatic heterocycles. The van der Waals surface area contributed by atoms with E-state index in [4.69, 9.17) is 4.74 Å². The van der Waals surface area contributed by atoms with Crippen molar-refractivity contribution in [2.45, 2.75) is 46.8 Å². The van der Waals surface area contributed by atoms with Crippen LogP contribution in [0.25, 0.3) is 17.1 Å². The number of hydrogen-bond donors (Lipinski definition) is 1. The van der Waals surface area contributed by atoms with E-state index in [0.29, 0.717) is 38.8 Å². The van der Waals surface area contributed by atoms with Crippen LogP contribution in [-0.4, -0.2) is 29.6 Å². The average molecular weight is 536 g/mol. The van der Waals surface area contributed by atoms with Crippen LogP contribution in [0.5, 0.6) is 5.75 Å². The summed E-state index contributed by atoms with van der Waals surface area (Å²) in [6.07, 6.45) is 3.28. The highest BCUT2D eigenvalue weighted by atomic mass is 79.9. The number of aryl methyl sites for hydroxylation is 3. The lowest BCUT2D eigenvalue weighted by molar-refractivity contribution is 0.0688. The third kappa shape index (κ3) is 5.31. The van der Waals surface area contributed by atoms with Gasteiger partial charge in [0, 0.05) is 29.8 Å². The summed E-state index contributed by atoms with van der Waals surface area (Å²) in [7, 11) is 0. The van der Waals surface area contributed by atoms with Crippen LogP contribution in [-0.2, 0) is 12.2 Å². The van der Waals surface area contributed by atoms with E-state index < -0.39 is 5.60 Å². The zero-order valence-corrected chi connectivity index (χ0v) is 21.8. The number of aliphatic hydroxyl groups is 1. The Hall–Kier alpha value is -3.43. The molecule has 0 aliphatic rings. The first-order valence-corrected chi connectivity index (χ1v) is 11.8. The molecule has 0 radical (unpaired) electrons. The highest BCUT2D eigenvalue weighted by Crippen LogP contribution is 2.27.